The monoisotopic (exact) mass is 351 g/mol. The topological polar surface area (TPSA) is 76.3 Å². The highest BCUT2D eigenvalue weighted by Gasteiger charge is 2.32. The molecule has 1 fully saturated rings. The van der Waals surface area contributed by atoms with Crippen molar-refractivity contribution in [1.82, 2.24) is 9.29 Å². The predicted octanol–water partition coefficient (Wildman–Crippen LogP) is 1.55. The lowest BCUT2D eigenvalue weighted by Gasteiger charge is -2.23. The van der Waals surface area contributed by atoms with Gasteiger partial charge in [-0.15, -0.1) is 0 Å². The Morgan fingerprint density at radius 2 is 2.33 bits per heavy atom. The van der Waals surface area contributed by atoms with Gasteiger partial charge in [0.1, 0.15) is 10.7 Å². The molecule has 18 heavy (non-hydrogen) atoms. The van der Waals surface area contributed by atoms with Gasteiger partial charge < -0.3 is 5.73 Å². The van der Waals surface area contributed by atoms with Crippen LogP contribution < -0.4 is 5.73 Å². The third-order valence-electron chi connectivity index (χ3n) is 2.93. The summed E-state index contributed by atoms with van der Waals surface area (Å²) in [6, 6.07) is 1.54. The molecule has 0 amide bonds. The number of sulfonamides is 1. The molecule has 1 unspecified atom stereocenters. The van der Waals surface area contributed by atoms with Crippen LogP contribution in [0.4, 0.5) is 5.82 Å². The quantitative estimate of drug-likeness (QED) is 0.893. The molecule has 1 aromatic rings. The normalized spacial score (nSPS) is 20.5. The summed E-state index contributed by atoms with van der Waals surface area (Å²) in [5.74, 6) is 1.86. The molecule has 2 N–H and O–H groups in total. The van der Waals surface area contributed by atoms with Crippen LogP contribution in [0.5, 0.6) is 0 Å². The number of anilines is 1. The maximum absolute atomic E-state index is 12.5. The minimum atomic E-state index is -3.57. The predicted molar refractivity (Wildman–Crippen MR) is 77.0 cm³/mol. The number of nitrogens with two attached hydrogens (primary N) is 1. The third kappa shape index (κ3) is 2.66. The molecule has 0 aromatic carbocycles. The Bertz CT molecular complexity index is 544. The number of hydrogen-bond donors (Lipinski definition) is 1. The molecule has 0 spiro atoms. The number of nitrogen functional groups attached to an aromatic ring is 1. The summed E-state index contributed by atoms with van der Waals surface area (Å²) in [4.78, 5) is 3.94. The molecule has 0 aliphatic carbocycles. The van der Waals surface area contributed by atoms with Crippen LogP contribution in [0, 0.1) is 0 Å². The fourth-order valence-corrected chi connectivity index (χ4v) is 5.12. The lowest BCUT2D eigenvalue weighted by Crippen LogP contribution is -2.37. The smallest absolute Gasteiger partial charge is 0.246 e. The molecular formula is C10H14BrN3O2S2. The molecule has 2 heterocycles. The summed E-state index contributed by atoms with van der Waals surface area (Å²) in [5, 5.41) is 0. The summed E-state index contributed by atoms with van der Waals surface area (Å²) in [6.07, 6.45) is 2.36. The molecule has 1 saturated heterocycles. The van der Waals surface area contributed by atoms with Crippen LogP contribution >= 0.6 is 27.7 Å². The van der Waals surface area contributed by atoms with E-state index in [1.165, 1.54) is 16.6 Å². The minimum absolute atomic E-state index is 0.0377. The second-order valence-corrected chi connectivity index (χ2v) is 8.11. The van der Waals surface area contributed by atoms with Crippen LogP contribution in [0.25, 0.3) is 0 Å². The average Bonchev–Trinajstić information content (AvgIpc) is 2.84. The lowest BCUT2D eigenvalue weighted by atomic mass is 10.3. The first-order valence-corrected chi connectivity index (χ1v) is 8.78. The Morgan fingerprint density at radius 3 is 2.94 bits per heavy atom. The second kappa shape index (κ2) is 5.36. The van der Waals surface area contributed by atoms with E-state index in [9.17, 15) is 8.42 Å². The number of halogens is 1. The van der Waals surface area contributed by atoms with Gasteiger partial charge in [-0.2, -0.15) is 16.1 Å². The van der Waals surface area contributed by atoms with E-state index < -0.39 is 10.0 Å². The van der Waals surface area contributed by atoms with Gasteiger partial charge in [-0.3, -0.25) is 0 Å². The summed E-state index contributed by atoms with van der Waals surface area (Å²) < 4.78 is 26.9. The van der Waals surface area contributed by atoms with Crippen molar-refractivity contribution in [3.8, 4) is 0 Å². The van der Waals surface area contributed by atoms with E-state index in [2.05, 4.69) is 20.9 Å². The van der Waals surface area contributed by atoms with Gasteiger partial charge >= 0.3 is 0 Å². The minimum Gasteiger partial charge on any atom is -0.383 e. The van der Waals surface area contributed by atoms with Crippen LogP contribution in [0.3, 0.4) is 0 Å². The first kappa shape index (κ1) is 14.1. The van der Waals surface area contributed by atoms with Gasteiger partial charge in [0.2, 0.25) is 10.0 Å². The van der Waals surface area contributed by atoms with Gasteiger partial charge in [-0.1, -0.05) is 0 Å². The standard InChI is InChI=1S/C10H14BrN3O2S2/c1-14(8-2-3-17-6-8)18(15,16)9-4-7(11)5-13-10(9)12/h4-5,8H,2-3,6H2,1H3,(H2,12,13). The first-order valence-electron chi connectivity index (χ1n) is 5.39. The van der Waals surface area contributed by atoms with Crippen molar-refractivity contribution in [2.45, 2.75) is 17.4 Å². The van der Waals surface area contributed by atoms with Crippen LogP contribution in [-0.2, 0) is 10.0 Å². The maximum atomic E-state index is 12.5. The molecule has 0 bridgehead atoms. The van der Waals surface area contributed by atoms with Gasteiger partial charge in [-0.05, 0) is 34.2 Å². The zero-order chi connectivity index (χ0) is 13.3. The van der Waals surface area contributed by atoms with E-state index in [1.54, 1.807) is 18.8 Å². The average molecular weight is 352 g/mol. The van der Waals surface area contributed by atoms with E-state index in [0.29, 0.717) is 4.47 Å². The van der Waals surface area contributed by atoms with Gasteiger partial charge in [0.05, 0.1) is 0 Å². The summed E-state index contributed by atoms with van der Waals surface area (Å²) in [7, 11) is -1.97. The highest BCUT2D eigenvalue weighted by Crippen LogP contribution is 2.29. The van der Waals surface area contributed by atoms with E-state index in [1.807, 2.05) is 0 Å². The number of pyridine rings is 1. The molecular weight excluding hydrogens is 338 g/mol. The number of rotatable bonds is 3. The van der Waals surface area contributed by atoms with Gasteiger partial charge in [-0.25, -0.2) is 13.4 Å². The number of thioether (sulfide) groups is 1. The lowest BCUT2D eigenvalue weighted by molar-refractivity contribution is 0.394. The Hall–Kier alpha value is -0.310. The Morgan fingerprint density at radius 1 is 1.61 bits per heavy atom. The molecule has 1 aromatic heterocycles. The highest BCUT2D eigenvalue weighted by molar-refractivity contribution is 9.10. The molecule has 1 atom stereocenters. The first-order chi connectivity index (χ1) is 8.43. The van der Waals surface area contributed by atoms with Crippen molar-refractivity contribution in [1.29, 1.82) is 0 Å². The van der Waals surface area contributed by atoms with E-state index >= 15 is 0 Å². The van der Waals surface area contributed by atoms with Gasteiger partial charge in [0.25, 0.3) is 0 Å². The van der Waals surface area contributed by atoms with Crippen molar-refractivity contribution < 1.29 is 8.42 Å². The Balaban J connectivity index is 2.37. The van der Waals surface area contributed by atoms with E-state index in [-0.39, 0.29) is 16.8 Å². The molecule has 8 heteroatoms. The van der Waals surface area contributed by atoms with Crippen molar-refractivity contribution in [2.75, 3.05) is 24.3 Å². The molecule has 2 rings (SSSR count). The number of nitrogens with zero attached hydrogens (tertiary/aromatic N) is 2. The highest BCUT2D eigenvalue weighted by atomic mass is 79.9. The third-order valence-corrected chi connectivity index (χ3v) is 6.44. The van der Waals surface area contributed by atoms with Crippen molar-refractivity contribution in [2.24, 2.45) is 0 Å². The molecule has 5 nitrogen and oxygen atoms in total. The summed E-state index contributed by atoms with van der Waals surface area (Å²) in [6.45, 7) is 0. The van der Waals surface area contributed by atoms with Crippen LogP contribution in [0.15, 0.2) is 21.6 Å². The zero-order valence-electron chi connectivity index (χ0n) is 9.84. The fraction of sp³-hybridized carbons (Fsp3) is 0.500. The van der Waals surface area contributed by atoms with Crippen molar-refractivity contribution in [3.63, 3.8) is 0 Å². The van der Waals surface area contributed by atoms with Crippen molar-refractivity contribution in [3.05, 3.63) is 16.7 Å². The SMILES string of the molecule is CN(C1CCSC1)S(=O)(=O)c1cc(Br)cnc1N. The number of aromatic nitrogens is 1. The summed E-state index contributed by atoms with van der Waals surface area (Å²) >= 11 is 4.98. The van der Waals surface area contributed by atoms with Crippen molar-refractivity contribution >= 4 is 43.5 Å². The van der Waals surface area contributed by atoms with Gasteiger partial charge in [0.15, 0.2) is 0 Å². The van der Waals surface area contributed by atoms with E-state index in [0.717, 1.165) is 17.9 Å². The molecule has 1 aliphatic heterocycles. The maximum Gasteiger partial charge on any atom is 0.246 e. The zero-order valence-corrected chi connectivity index (χ0v) is 13.1. The van der Waals surface area contributed by atoms with Crippen LogP contribution in [-0.4, -0.2) is 42.3 Å². The fourth-order valence-electron chi connectivity index (χ4n) is 1.80. The molecule has 100 valence electrons. The van der Waals surface area contributed by atoms with Crippen LogP contribution in [0.1, 0.15) is 6.42 Å². The van der Waals surface area contributed by atoms with Gasteiger partial charge in [0, 0.05) is 29.5 Å². The largest absolute Gasteiger partial charge is 0.383 e. The number of hydrogen-bond acceptors (Lipinski definition) is 5. The molecule has 1 aliphatic rings. The van der Waals surface area contributed by atoms with E-state index in [4.69, 9.17) is 5.73 Å². The molecule has 0 saturated carbocycles. The second-order valence-electron chi connectivity index (χ2n) is 4.08. The Labute approximate surface area is 119 Å². The Kier molecular flexibility index (Phi) is 4.20. The summed E-state index contributed by atoms with van der Waals surface area (Å²) in [5.41, 5.74) is 5.67. The molecule has 0 radical (unpaired) electrons. The van der Waals surface area contributed by atoms with Crippen LogP contribution in [0.2, 0.25) is 0 Å².